The van der Waals surface area contributed by atoms with Crippen LogP contribution in [0.5, 0.6) is 0 Å². The fourth-order valence-electron chi connectivity index (χ4n) is 3.98. The largest absolute Gasteiger partial charge is 0.490 e. The van der Waals surface area contributed by atoms with E-state index in [2.05, 4.69) is 20.3 Å². The average molecular weight is 392 g/mol. The number of fused-ring (bicyclic) bond motifs is 2. The van der Waals surface area contributed by atoms with Gasteiger partial charge in [-0.2, -0.15) is 0 Å². The quantitative estimate of drug-likeness (QED) is 0.844. The van der Waals surface area contributed by atoms with E-state index in [0.29, 0.717) is 36.1 Å². The summed E-state index contributed by atoms with van der Waals surface area (Å²) in [6.07, 6.45) is 6.39. The summed E-state index contributed by atoms with van der Waals surface area (Å²) < 4.78 is 7.47. The number of carbonyl (C=O) groups is 1. The Bertz CT molecular complexity index is 1030. The first-order chi connectivity index (χ1) is 14.3. The van der Waals surface area contributed by atoms with Gasteiger partial charge in [0.1, 0.15) is 23.8 Å². The third-order valence-corrected chi connectivity index (χ3v) is 5.48. The second-order valence-corrected chi connectivity index (χ2v) is 7.49. The van der Waals surface area contributed by atoms with E-state index in [1.807, 2.05) is 24.4 Å². The summed E-state index contributed by atoms with van der Waals surface area (Å²) in [5.74, 6) is 1.31. The van der Waals surface area contributed by atoms with Crippen LogP contribution in [0.15, 0.2) is 46.2 Å². The summed E-state index contributed by atoms with van der Waals surface area (Å²) in [5.41, 5.74) is 2.66. The Balaban J connectivity index is 1.46. The van der Waals surface area contributed by atoms with Crippen LogP contribution in [0.4, 0.5) is 11.5 Å². The predicted molar refractivity (Wildman–Crippen MR) is 112 cm³/mol. The van der Waals surface area contributed by atoms with Gasteiger partial charge in [-0.05, 0) is 38.1 Å². The molecule has 0 unspecified atom stereocenters. The highest BCUT2D eigenvalue weighted by Gasteiger charge is 2.27. The standard InChI is InChI=1S/C21H24N6O2/c28-18-13-16-19(29-12-7-22-16)14-15(18)24-20-17-5-1-2-10-27(17)25-21(20)23-6-11-26-8-3-4-9-26/h1-2,5,10,14H,3-4,6-9,11-13H2,(H,23,25). The minimum absolute atomic E-state index is 0.0451. The summed E-state index contributed by atoms with van der Waals surface area (Å²) in [7, 11) is 0. The maximum absolute atomic E-state index is 12.6. The van der Waals surface area contributed by atoms with Crippen molar-refractivity contribution >= 4 is 34.2 Å². The molecule has 0 saturated carbocycles. The van der Waals surface area contributed by atoms with Gasteiger partial charge in [0, 0.05) is 25.4 Å². The van der Waals surface area contributed by atoms with Crippen LogP contribution < -0.4 is 5.32 Å². The van der Waals surface area contributed by atoms with Gasteiger partial charge in [-0.1, -0.05) is 6.07 Å². The first-order valence-corrected chi connectivity index (χ1v) is 10.2. The third kappa shape index (κ3) is 3.67. The summed E-state index contributed by atoms with van der Waals surface area (Å²) in [5, 5.41) is 8.06. The molecule has 0 spiro atoms. The van der Waals surface area contributed by atoms with Gasteiger partial charge in [0.2, 0.25) is 0 Å². The monoisotopic (exact) mass is 392 g/mol. The number of aromatic nitrogens is 2. The Hall–Kier alpha value is -3.00. The molecule has 2 aromatic rings. The number of aliphatic imine (C=N–C) groups is 2. The molecule has 3 aliphatic rings. The first kappa shape index (κ1) is 18.1. The molecule has 1 aliphatic carbocycles. The minimum atomic E-state index is -0.0451. The third-order valence-electron chi connectivity index (χ3n) is 5.48. The molecule has 0 radical (unpaired) electrons. The number of rotatable bonds is 5. The smallest absolute Gasteiger partial charge is 0.187 e. The highest BCUT2D eigenvalue weighted by molar-refractivity contribution is 6.51. The summed E-state index contributed by atoms with van der Waals surface area (Å²) in [4.78, 5) is 24.2. The normalized spacial score (nSPS) is 21.1. The fourth-order valence-corrected chi connectivity index (χ4v) is 3.98. The van der Waals surface area contributed by atoms with Crippen LogP contribution in [0, 0.1) is 0 Å². The lowest BCUT2D eigenvalue weighted by Crippen LogP contribution is -2.28. The number of nitrogens with zero attached hydrogens (tertiary/aromatic N) is 5. The Labute approximate surface area is 169 Å². The van der Waals surface area contributed by atoms with Crippen molar-refractivity contribution in [3.63, 3.8) is 0 Å². The van der Waals surface area contributed by atoms with Crippen LogP contribution >= 0.6 is 0 Å². The van der Waals surface area contributed by atoms with E-state index in [1.165, 1.54) is 12.8 Å². The lowest BCUT2D eigenvalue weighted by atomic mass is 10.00. The zero-order valence-corrected chi connectivity index (χ0v) is 16.3. The summed E-state index contributed by atoms with van der Waals surface area (Å²) >= 11 is 0. The lowest BCUT2D eigenvalue weighted by molar-refractivity contribution is -0.112. The molecule has 29 heavy (non-hydrogen) atoms. The maximum Gasteiger partial charge on any atom is 0.187 e. The van der Waals surface area contributed by atoms with Crippen LogP contribution in [0.25, 0.3) is 5.52 Å². The number of likely N-dealkylation sites (tertiary alicyclic amines) is 1. The molecular weight excluding hydrogens is 368 g/mol. The summed E-state index contributed by atoms with van der Waals surface area (Å²) in [6.45, 7) is 5.22. The molecule has 5 rings (SSSR count). The fraction of sp³-hybridized carbons (Fsp3) is 0.429. The molecule has 8 heteroatoms. The number of hydrogen-bond donors (Lipinski definition) is 1. The molecule has 1 saturated heterocycles. The van der Waals surface area contributed by atoms with Crippen molar-refractivity contribution in [1.82, 2.24) is 14.5 Å². The van der Waals surface area contributed by atoms with Crippen LogP contribution in [0.2, 0.25) is 0 Å². The van der Waals surface area contributed by atoms with Crippen molar-refractivity contribution in [3.8, 4) is 0 Å². The van der Waals surface area contributed by atoms with Gasteiger partial charge in [-0.25, -0.2) is 9.51 Å². The minimum Gasteiger partial charge on any atom is -0.490 e. The molecule has 8 nitrogen and oxygen atoms in total. The molecule has 150 valence electrons. The molecule has 0 atom stereocenters. The second kappa shape index (κ2) is 7.79. The van der Waals surface area contributed by atoms with Gasteiger partial charge < -0.3 is 15.0 Å². The number of hydrogen-bond acceptors (Lipinski definition) is 7. The number of carbonyl (C=O) groups excluding carboxylic acids is 1. The molecule has 0 bridgehead atoms. The molecule has 2 aliphatic heterocycles. The van der Waals surface area contributed by atoms with Crippen LogP contribution in [-0.2, 0) is 9.53 Å². The van der Waals surface area contributed by atoms with Gasteiger partial charge in [-0.15, -0.1) is 5.10 Å². The second-order valence-electron chi connectivity index (χ2n) is 7.49. The molecule has 2 aromatic heterocycles. The van der Waals surface area contributed by atoms with Crippen molar-refractivity contribution in [1.29, 1.82) is 0 Å². The number of nitrogens with one attached hydrogen (secondary N) is 1. The van der Waals surface area contributed by atoms with E-state index in [9.17, 15) is 4.79 Å². The molecular formula is C21H24N6O2. The highest BCUT2D eigenvalue weighted by atomic mass is 16.5. The van der Waals surface area contributed by atoms with E-state index in [1.54, 1.807) is 10.6 Å². The van der Waals surface area contributed by atoms with Crippen molar-refractivity contribution < 1.29 is 9.53 Å². The van der Waals surface area contributed by atoms with Crippen LogP contribution in [0.3, 0.4) is 0 Å². The van der Waals surface area contributed by atoms with Crippen molar-refractivity contribution in [2.24, 2.45) is 9.98 Å². The Morgan fingerprint density at radius 2 is 2.14 bits per heavy atom. The van der Waals surface area contributed by atoms with Gasteiger partial charge in [0.15, 0.2) is 11.6 Å². The van der Waals surface area contributed by atoms with Crippen molar-refractivity contribution in [2.45, 2.75) is 19.3 Å². The Morgan fingerprint density at radius 3 is 3.03 bits per heavy atom. The first-order valence-electron chi connectivity index (χ1n) is 10.2. The molecule has 4 heterocycles. The Kier molecular flexibility index (Phi) is 4.85. The van der Waals surface area contributed by atoms with E-state index < -0.39 is 0 Å². The van der Waals surface area contributed by atoms with Gasteiger partial charge >= 0.3 is 0 Å². The number of Topliss-reactive ketones (excluding diaryl/α,β-unsaturated/α-hetero) is 1. The molecule has 1 fully saturated rings. The lowest BCUT2D eigenvalue weighted by Gasteiger charge is -2.20. The van der Waals surface area contributed by atoms with Gasteiger partial charge in [-0.3, -0.25) is 9.79 Å². The van der Waals surface area contributed by atoms with E-state index in [4.69, 9.17) is 9.73 Å². The van der Waals surface area contributed by atoms with E-state index in [0.717, 1.165) is 37.4 Å². The van der Waals surface area contributed by atoms with Crippen molar-refractivity contribution in [3.05, 3.63) is 36.2 Å². The number of allylic oxidation sites excluding steroid dienone is 2. The number of ether oxygens (including phenoxy) is 1. The SMILES string of the molecule is O=C1CC2=NCCOC2=CC1=Nc1c(NCCN2CCCC2)nn2ccccc12. The molecule has 0 aromatic carbocycles. The maximum atomic E-state index is 12.6. The van der Waals surface area contributed by atoms with Crippen LogP contribution in [0.1, 0.15) is 19.3 Å². The molecule has 0 amide bonds. The zero-order chi connectivity index (χ0) is 19.6. The number of ketones is 1. The predicted octanol–water partition coefficient (Wildman–Crippen LogP) is 2.24. The van der Waals surface area contributed by atoms with Gasteiger partial charge in [0.05, 0.1) is 24.2 Å². The number of anilines is 1. The van der Waals surface area contributed by atoms with Crippen molar-refractivity contribution in [2.75, 3.05) is 44.6 Å². The zero-order valence-electron chi connectivity index (χ0n) is 16.3. The van der Waals surface area contributed by atoms with Gasteiger partial charge in [0.25, 0.3) is 0 Å². The van der Waals surface area contributed by atoms with E-state index in [-0.39, 0.29) is 12.2 Å². The molecule has 1 N–H and O–H groups in total. The Morgan fingerprint density at radius 1 is 1.24 bits per heavy atom. The number of pyridine rings is 1. The van der Waals surface area contributed by atoms with Crippen LogP contribution in [-0.4, -0.2) is 71.1 Å². The highest BCUT2D eigenvalue weighted by Crippen LogP contribution is 2.31. The average Bonchev–Trinajstić information content (AvgIpc) is 3.37. The summed E-state index contributed by atoms with van der Waals surface area (Å²) in [6, 6.07) is 5.84. The topological polar surface area (TPSA) is 83.6 Å². The van der Waals surface area contributed by atoms with E-state index >= 15 is 0 Å².